The Labute approximate surface area is 257 Å². The summed E-state index contributed by atoms with van der Waals surface area (Å²) in [7, 11) is 0. The zero-order valence-electron chi connectivity index (χ0n) is 23.6. The van der Waals surface area contributed by atoms with Crippen molar-refractivity contribution < 1.29 is 23.5 Å². The van der Waals surface area contributed by atoms with Gasteiger partial charge in [0.1, 0.15) is 5.82 Å². The van der Waals surface area contributed by atoms with Gasteiger partial charge in [0.25, 0.3) is 11.8 Å². The van der Waals surface area contributed by atoms with Gasteiger partial charge in [-0.25, -0.2) is 14.8 Å². The van der Waals surface area contributed by atoms with Crippen LogP contribution in [0, 0.1) is 5.82 Å². The number of amides is 2. The first-order valence-corrected chi connectivity index (χ1v) is 14.5. The number of hydrazone groups is 1. The van der Waals surface area contributed by atoms with E-state index in [-0.39, 0.29) is 12.5 Å². The third-order valence-corrected chi connectivity index (χ3v) is 6.86. The standard InChI is InChI=1S/C33H28FN5O4S/c1-2-42-30-18-22(8-17-29(30)43-20-31(40)36-27-15-13-25(34)14-16-27)19-35-39-32(41)24-11-9-23(10-12-24)28-21-44-33(38-28)37-26-6-4-3-5-7-26/h3-19,21H,2,20H2,1H3,(H,36,40)(H,37,38)(H,39,41)/b35-19+. The van der Waals surface area contributed by atoms with E-state index in [1.54, 1.807) is 30.3 Å². The predicted octanol–water partition coefficient (Wildman–Crippen LogP) is 6.87. The van der Waals surface area contributed by atoms with Crippen molar-refractivity contribution >= 4 is 45.9 Å². The average Bonchev–Trinajstić information content (AvgIpc) is 3.51. The minimum atomic E-state index is -0.406. The summed E-state index contributed by atoms with van der Waals surface area (Å²) in [5, 5.41) is 12.7. The molecule has 222 valence electrons. The Morgan fingerprint density at radius 3 is 2.43 bits per heavy atom. The van der Waals surface area contributed by atoms with E-state index >= 15 is 0 Å². The summed E-state index contributed by atoms with van der Waals surface area (Å²) in [5.41, 5.74) is 6.74. The number of rotatable bonds is 12. The quantitative estimate of drug-likeness (QED) is 0.105. The van der Waals surface area contributed by atoms with Crippen molar-refractivity contribution in [3.05, 3.63) is 119 Å². The van der Waals surface area contributed by atoms with Crippen LogP contribution in [0.25, 0.3) is 11.3 Å². The Balaban J connectivity index is 1.14. The number of ether oxygens (including phenoxy) is 2. The van der Waals surface area contributed by atoms with Crippen molar-refractivity contribution in [3.63, 3.8) is 0 Å². The summed E-state index contributed by atoms with van der Waals surface area (Å²) in [5.74, 6) is -0.384. The first-order chi connectivity index (χ1) is 21.5. The number of nitrogens with one attached hydrogen (secondary N) is 3. The summed E-state index contributed by atoms with van der Waals surface area (Å²) >= 11 is 1.50. The zero-order valence-corrected chi connectivity index (χ0v) is 24.4. The summed E-state index contributed by atoms with van der Waals surface area (Å²) < 4.78 is 24.4. The number of carbonyl (C=O) groups excluding carboxylic acids is 2. The maximum atomic E-state index is 13.1. The van der Waals surface area contributed by atoms with E-state index in [9.17, 15) is 14.0 Å². The second kappa shape index (κ2) is 14.6. The van der Waals surface area contributed by atoms with Gasteiger partial charge in [0.2, 0.25) is 0 Å². The number of nitrogens with zero attached hydrogens (tertiary/aromatic N) is 2. The molecule has 0 aliphatic carbocycles. The van der Waals surface area contributed by atoms with E-state index in [1.807, 2.05) is 54.8 Å². The molecule has 0 fully saturated rings. The smallest absolute Gasteiger partial charge is 0.271 e. The van der Waals surface area contributed by atoms with Gasteiger partial charge < -0.3 is 20.1 Å². The molecule has 0 unspecified atom stereocenters. The zero-order chi connectivity index (χ0) is 30.7. The third-order valence-electron chi connectivity index (χ3n) is 6.11. The Morgan fingerprint density at radius 2 is 1.68 bits per heavy atom. The molecule has 0 aliphatic heterocycles. The molecule has 5 rings (SSSR count). The van der Waals surface area contributed by atoms with Crippen LogP contribution in [0.1, 0.15) is 22.8 Å². The summed E-state index contributed by atoms with van der Waals surface area (Å²) in [4.78, 5) is 29.5. The molecule has 1 heterocycles. The van der Waals surface area contributed by atoms with Gasteiger partial charge in [-0.05, 0) is 79.2 Å². The molecule has 11 heteroatoms. The van der Waals surface area contributed by atoms with E-state index in [1.165, 1.54) is 41.8 Å². The van der Waals surface area contributed by atoms with Crippen LogP contribution in [-0.2, 0) is 4.79 Å². The highest BCUT2D eigenvalue weighted by Gasteiger charge is 2.11. The van der Waals surface area contributed by atoms with E-state index < -0.39 is 11.7 Å². The minimum absolute atomic E-state index is 0.270. The van der Waals surface area contributed by atoms with Gasteiger partial charge in [-0.2, -0.15) is 5.10 Å². The number of hydrogen-bond acceptors (Lipinski definition) is 8. The van der Waals surface area contributed by atoms with Crippen molar-refractivity contribution in [2.45, 2.75) is 6.92 Å². The van der Waals surface area contributed by atoms with Gasteiger partial charge in [-0.15, -0.1) is 11.3 Å². The van der Waals surface area contributed by atoms with Crippen LogP contribution in [-0.4, -0.2) is 36.2 Å². The first kappa shape index (κ1) is 29.9. The van der Waals surface area contributed by atoms with Crippen molar-refractivity contribution in [1.29, 1.82) is 0 Å². The highest BCUT2D eigenvalue weighted by Crippen LogP contribution is 2.29. The Hall–Kier alpha value is -5.55. The largest absolute Gasteiger partial charge is 0.490 e. The fourth-order valence-electron chi connectivity index (χ4n) is 4.00. The molecule has 0 atom stereocenters. The molecule has 0 bridgehead atoms. The Kier molecular flexibility index (Phi) is 9.91. The molecule has 5 aromatic rings. The molecule has 0 saturated carbocycles. The van der Waals surface area contributed by atoms with Crippen LogP contribution >= 0.6 is 11.3 Å². The molecule has 1 aromatic heterocycles. The van der Waals surface area contributed by atoms with Gasteiger partial charge >= 0.3 is 0 Å². The summed E-state index contributed by atoms with van der Waals surface area (Å²) in [6.45, 7) is 1.93. The van der Waals surface area contributed by atoms with E-state index in [0.29, 0.717) is 34.9 Å². The number of thiazole rings is 1. The van der Waals surface area contributed by atoms with Crippen molar-refractivity contribution in [2.75, 3.05) is 23.8 Å². The number of benzene rings is 4. The molecular formula is C33H28FN5O4S. The Bertz CT molecular complexity index is 1740. The lowest BCUT2D eigenvalue weighted by Crippen LogP contribution is -2.20. The molecule has 2 amide bonds. The highest BCUT2D eigenvalue weighted by atomic mass is 32.1. The van der Waals surface area contributed by atoms with Gasteiger partial charge in [0.15, 0.2) is 23.2 Å². The maximum absolute atomic E-state index is 13.1. The second-order valence-corrected chi connectivity index (χ2v) is 10.1. The van der Waals surface area contributed by atoms with E-state index in [2.05, 4.69) is 26.1 Å². The van der Waals surface area contributed by atoms with Gasteiger partial charge in [0, 0.05) is 27.9 Å². The lowest BCUT2D eigenvalue weighted by atomic mass is 10.1. The monoisotopic (exact) mass is 609 g/mol. The van der Waals surface area contributed by atoms with Crippen LogP contribution < -0.4 is 25.5 Å². The lowest BCUT2D eigenvalue weighted by Gasteiger charge is -2.12. The van der Waals surface area contributed by atoms with Crippen molar-refractivity contribution in [1.82, 2.24) is 10.4 Å². The number of anilines is 3. The second-order valence-electron chi connectivity index (χ2n) is 9.29. The Morgan fingerprint density at radius 1 is 0.909 bits per heavy atom. The van der Waals surface area contributed by atoms with Crippen molar-refractivity contribution in [3.8, 4) is 22.8 Å². The van der Waals surface area contributed by atoms with E-state index in [0.717, 1.165) is 22.1 Å². The molecule has 0 spiro atoms. The lowest BCUT2D eigenvalue weighted by molar-refractivity contribution is -0.118. The molecule has 3 N–H and O–H groups in total. The number of halogens is 1. The van der Waals surface area contributed by atoms with E-state index in [4.69, 9.17) is 9.47 Å². The molecule has 0 radical (unpaired) electrons. The third kappa shape index (κ3) is 8.26. The molecule has 4 aromatic carbocycles. The maximum Gasteiger partial charge on any atom is 0.271 e. The predicted molar refractivity (Wildman–Crippen MR) is 170 cm³/mol. The van der Waals surface area contributed by atoms with Gasteiger partial charge in [-0.1, -0.05) is 30.3 Å². The summed E-state index contributed by atoms with van der Waals surface area (Å²) in [6, 6.07) is 27.4. The first-order valence-electron chi connectivity index (χ1n) is 13.6. The fraction of sp³-hybridized carbons (Fsp3) is 0.0909. The van der Waals surface area contributed by atoms with Crippen LogP contribution in [0.3, 0.4) is 0 Å². The van der Waals surface area contributed by atoms with Crippen LogP contribution in [0.5, 0.6) is 11.5 Å². The number of para-hydroxylation sites is 1. The average molecular weight is 610 g/mol. The molecule has 0 saturated heterocycles. The molecule has 9 nitrogen and oxygen atoms in total. The topological polar surface area (TPSA) is 114 Å². The normalized spacial score (nSPS) is 10.8. The number of carbonyl (C=O) groups is 2. The van der Waals surface area contributed by atoms with Gasteiger partial charge in [0.05, 0.1) is 18.5 Å². The van der Waals surface area contributed by atoms with Crippen LogP contribution in [0.15, 0.2) is 108 Å². The van der Waals surface area contributed by atoms with Gasteiger partial charge in [-0.3, -0.25) is 9.59 Å². The molecule has 0 aliphatic rings. The number of aromatic nitrogens is 1. The van der Waals surface area contributed by atoms with Crippen LogP contribution in [0.4, 0.5) is 20.9 Å². The molecular weight excluding hydrogens is 581 g/mol. The van der Waals surface area contributed by atoms with Crippen LogP contribution in [0.2, 0.25) is 0 Å². The summed E-state index contributed by atoms with van der Waals surface area (Å²) in [6.07, 6.45) is 1.48. The highest BCUT2D eigenvalue weighted by molar-refractivity contribution is 7.14. The number of hydrogen-bond donors (Lipinski definition) is 3. The fourth-order valence-corrected chi connectivity index (χ4v) is 4.74. The SMILES string of the molecule is CCOc1cc(/C=N/NC(=O)c2ccc(-c3csc(Nc4ccccc4)n3)cc2)ccc1OCC(=O)Nc1ccc(F)cc1. The molecule has 44 heavy (non-hydrogen) atoms. The minimum Gasteiger partial charge on any atom is -0.490 e. The van der Waals surface area contributed by atoms with Crippen molar-refractivity contribution in [2.24, 2.45) is 5.10 Å².